The van der Waals surface area contributed by atoms with Crippen LogP contribution in [0.5, 0.6) is 11.5 Å². The van der Waals surface area contributed by atoms with E-state index in [1.54, 1.807) is 27.2 Å². The fraction of sp³-hybridized carbons (Fsp3) is 0.452. The van der Waals surface area contributed by atoms with Gasteiger partial charge in [-0.3, -0.25) is 4.79 Å². The molecule has 1 fully saturated rings. The van der Waals surface area contributed by atoms with Crippen LogP contribution in [0.25, 0.3) is 6.08 Å². The molecule has 0 saturated heterocycles. The number of methoxy groups -OCH3 is 2. The highest BCUT2D eigenvalue weighted by atomic mass is 16.5. The van der Waals surface area contributed by atoms with E-state index in [1.807, 2.05) is 24.3 Å². The summed E-state index contributed by atoms with van der Waals surface area (Å²) in [6, 6.07) is 14.1. The van der Waals surface area contributed by atoms with Crippen LogP contribution in [-0.2, 0) is 11.2 Å². The lowest BCUT2D eigenvalue weighted by atomic mass is 9.53. The van der Waals surface area contributed by atoms with Crippen molar-refractivity contribution in [1.82, 2.24) is 0 Å². The largest absolute Gasteiger partial charge is 0.497 e. The minimum Gasteiger partial charge on any atom is -0.497 e. The van der Waals surface area contributed by atoms with Crippen molar-refractivity contribution in [1.29, 1.82) is 0 Å². The molecule has 0 spiro atoms. The second-order valence-corrected chi connectivity index (χ2v) is 10.8. The first-order valence-corrected chi connectivity index (χ1v) is 12.7. The van der Waals surface area contributed by atoms with Crippen molar-refractivity contribution in [3.8, 4) is 11.5 Å². The number of allylic oxidation sites excluding steroid dienone is 1. The molecule has 0 heterocycles. The molecule has 0 aliphatic heterocycles. The second-order valence-electron chi connectivity index (χ2n) is 10.8. The van der Waals surface area contributed by atoms with Crippen LogP contribution in [0.1, 0.15) is 62.1 Å². The molecule has 5 rings (SSSR count). The van der Waals surface area contributed by atoms with E-state index in [0.29, 0.717) is 17.8 Å². The Labute approximate surface area is 208 Å². The maximum Gasteiger partial charge on any atom is 0.191 e. The van der Waals surface area contributed by atoms with Crippen molar-refractivity contribution in [3.63, 3.8) is 0 Å². The summed E-state index contributed by atoms with van der Waals surface area (Å²) in [4.78, 5) is 13.3. The predicted molar refractivity (Wildman–Crippen MR) is 139 cm³/mol. The molecule has 5 atom stereocenters. The van der Waals surface area contributed by atoms with Crippen molar-refractivity contribution in [2.45, 2.75) is 57.5 Å². The molecule has 184 valence electrons. The van der Waals surface area contributed by atoms with Gasteiger partial charge in [0, 0.05) is 0 Å². The van der Waals surface area contributed by atoms with Crippen LogP contribution in [0.15, 0.2) is 60.2 Å². The third-order valence-electron chi connectivity index (χ3n) is 9.06. The summed E-state index contributed by atoms with van der Waals surface area (Å²) < 4.78 is 10.7. The number of ether oxygens (including phenoxy) is 2. The Bertz CT molecular complexity index is 1170. The number of aliphatic hydroxyl groups is 1. The summed E-state index contributed by atoms with van der Waals surface area (Å²) in [5.74, 6) is 3.02. The first-order valence-electron chi connectivity index (χ1n) is 12.7. The fourth-order valence-electron chi connectivity index (χ4n) is 7.19. The zero-order valence-electron chi connectivity index (χ0n) is 21.2. The SMILES string of the molecule is COc1ccc(/C=C/C(=O)[C@@](C)(O)C2=CC[C@H]3[C@@H]4CCc5cc(OC)ccc5[C@H]4CC[C@]23C)cc1. The molecule has 4 nitrogen and oxygen atoms in total. The van der Waals surface area contributed by atoms with E-state index in [1.165, 1.54) is 17.2 Å². The van der Waals surface area contributed by atoms with E-state index in [2.05, 4.69) is 31.2 Å². The summed E-state index contributed by atoms with van der Waals surface area (Å²) >= 11 is 0. The molecule has 0 amide bonds. The van der Waals surface area contributed by atoms with Crippen molar-refractivity contribution in [2.24, 2.45) is 17.3 Å². The summed E-state index contributed by atoms with van der Waals surface area (Å²) in [7, 11) is 3.36. The molecule has 3 aliphatic rings. The number of benzene rings is 2. The van der Waals surface area contributed by atoms with Crippen molar-refractivity contribution < 1.29 is 19.4 Å². The maximum absolute atomic E-state index is 13.3. The van der Waals surface area contributed by atoms with Gasteiger partial charge < -0.3 is 14.6 Å². The van der Waals surface area contributed by atoms with Gasteiger partial charge in [0.1, 0.15) is 17.1 Å². The highest BCUT2D eigenvalue weighted by Crippen LogP contribution is 2.62. The summed E-state index contributed by atoms with van der Waals surface area (Å²) in [5, 5.41) is 11.6. The fourth-order valence-corrected chi connectivity index (χ4v) is 7.19. The lowest BCUT2D eigenvalue weighted by Gasteiger charge is -2.51. The average Bonchev–Trinajstić information content (AvgIpc) is 3.25. The lowest BCUT2D eigenvalue weighted by molar-refractivity contribution is -0.129. The Kier molecular flexibility index (Phi) is 6.13. The highest BCUT2D eigenvalue weighted by molar-refractivity contribution is 6.02. The predicted octanol–water partition coefficient (Wildman–Crippen LogP) is 6.13. The number of carbonyl (C=O) groups excluding carboxylic acids is 1. The zero-order chi connectivity index (χ0) is 24.8. The summed E-state index contributed by atoms with van der Waals surface area (Å²) in [6.07, 6.45) is 10.7. The average molecular weight is 473 g/mol. The van der Waals surface area contributed by atoms with E-state index in [0.717, 1.165) is 54.7 Å². The van der Waals surface area contributed by atoms with Gasteiger partial charge in [-0.15, -0.1) is 0 Å². The van der Waals surface area contributed by atoms with Gasteiger partial charge in [0.25, 0.3) is 0 Å². The van der Waals surface area contributed by atoms with Crippen LogP contribution in [0.2, 0.25) is 0 Å². The van der Waals surface area contributed by atoms with Gasteiger partial charge in [-0.1, -0.05) is 37.3 Å². The summed E-state index contributed by atoms with van der Waals surface area (Å²) in [5.41, 5.74) is 3.06. The third-order valence-corrected chi connectivity index (χ3v) is 9.06. The number of aryl methyl sites for hydroxylation is 1. The highest BCUT2D eigenvalue weighted by Gasteiger charge is 2.56. The van der Waals surface area contributed by atoms with Crippen LogP contribution < -0.4 is 9.47 Å². The van der Waals surface area contributed by atoms with Gasteiger partial charge in [-0.05, 0) is 115 Å². The Balaban J connectivity index is 1.35. The van der Waals surface area contributed by atoms with E-state index in [4.69, 9.17) is 9.47 Å². The first-order chi connectivity index (χ1) is 16.8. The molecule has 2 aromatic carbocycles. The molecule has 0 aromatic heterocycles. The zero-order valence-corrected chi connectivity index (χ0v) is 21.2. The Morgan fingerprint density at radius 3 is 2.51 bits per heavy atom. The topological polar surface area (TPSA) is 55.8 Å². The minimum atomic E-state index is -1.50. The third kappa shape index (κ3) is 4.02. The van der Waals surface area contributed by atoms with Gasteiger partial charge in [0.2, 0.25) is 0 Å². The second kappa shape index (κ2) is 8.98. The molecular formula is C31H36O4. The van der Waals surface area contributed by atoms with E-state index < -0.39 is 5.60 Å². The number of carbonyl (C=O) groups is 1. The van der Waals surface area contributed by atoms with Gasteiger partial charge in [-0.2, -0.15) is 0 Å². The standard InChI is InChI=1S/C31H36O4/c1-30-18-17-25-24-13-11-23(35-4)19-21(24)8-12-26(25)27(30)14-15-28(30)31(2,33)29(32)16-7-20-5-9-22(34-3)10-6-20/h5-7,9-11,13,15-16,19,25-27,33H,8,12,14,17-18H2,1-4H3/b16-7+/t25-,26-,27+,30+,31+/m1/s1. The number of ketones is 1. The summed E-state index contributed by atoms with van der Waals surface area (Å²) in [6.45, 7) is 3.97. The molecule has 35 heavy (non-hydrogen) atoms. The number of hydrogen-bond donors (Lipinski definition) is 1. The van der Waals surface area contributed by atoms with Crippen LogP contribution in [0.3, 0.4) is 0 Å². The van der Waals surface area contributed by atoms with Crippen molar-refractivity contribution >= 4 is 11.9 Å². The number of hydrogen-bond acceptors (Lipinski definition) is 4. The molecule has 3 aliphatic carbocycles. The molecule has 1 N–H and O–H groups in total. The molecule has 4 heteroatoms. The normalized spacial score (nSPS) is 28.9. The van der Waals surface area contributed by atoms with Crippen LogP contribution >= 0.6 is 0 Å². The number of fused-ring (bicyclic) bond motifs is 5. The van der Waals surface area contributed by atoms with Gasteiger partial charge >= 0.3 is 0 Å². The molecule has 2 aromatic rings. The monoisotopic (exact) mass is 472 g/mol. The maximum atomic E-state index is 13.3. The Morgan fingerprint density at radius 1 is 1.09 bits per heavy atom. The smallest absolute Gasteiger partial charge is 0.191 e. The molecule has 0 bridgehead atoms. The quantitative estimate of drug-likeness (QED) is 0.406. The van der Waals surface area contributed by atoms with Crippen LogP contribution in [-0.4, -0.2) is 30.7 Å². The van der Waals surface area contributed by atoms with Gasteiger partial charge in [0.05, 0.1) is 14.2 Å². The number of rotatable bonds is 6. The molecule has 0 unspecified atom stereocenters. The van der Waals surface area contributed by atoms with Crippen LogP contribution in [0.4, 0.5) is 0 Å². The Hall–Kier alpha value is -2.85. The lowest BCUT2D eigenvalue weighted by Crippen LogP contribution is -2.47. The van der Waals surface area contributed by atoms with E-state index in [-0.39, 0.29) is 11.2 Å². The molecule has 0 radical (unpaired) electrons. The van der Waals surface area contributed by atoms with Gasteiger partial charge in [-0.25, -0.2) is 0 Å². The van der Waals surface area contributed by atoms with Crippen molar-refractivity contribution in [2.75, 3.05) is 14.2 Å². The first kappa shape index (κ1) is 23.9. The molecule has 1 saturated carbocycles. The minimum absolute atomic E-state index is 0.155. The van der Waals surface area contributed by atoms with Gasteiger partial charge in [0.15, 0.2) is 5.78 Å². The van der Waals surface area contributed by atoms with Crippen LogP contribution in [0, 0.1) is 17.3 Å². The molecular weight excluding hydrogens is 436 g/mol. The van der Waals surface area contributed by atoms with E-state index >= 15 is 0 Å². The van der Waals surface area contributed by atoms with Crippen molar-refractivity contribution in [3.05, 3.63) is 76.9 Å². The Morgan fingerprint density at radius 2 is 1.80 bits per heavy atom. The van der Waals surface area contributed by atoms with E-state index in [9.17, 15) is 9.90 Å².